The standard InChI is InChI=1S/C39H41ClF3N7O5/c1-53-35-21(18-44-20-23-8-12-31(51)47-23)7-10-30(49-35)27-13-16-45-33(32(27)40)26-6-4-5-25-24(26)9-11-29(25)48-34-28(39(41,42)43)17-22(36(50-34)54-2)19-46-38(14-15-38)37(52)55-3/h4-7,10,13,16-17,23,29,44,46H,8-9,11-12,14-15,18-20H2,1-3H3,(H,47,51)(H,48,50)/t23-,29+/m1/s1. The number of carbonyl (C=O) groups is 2. The minimum absolute atomic E-state index is 0.0111. The van der Waals surface area contributed by atoms with E-state index in [4.69, 9.17) is 30.8 Å². The van der Waals surface area contributed by atoms with E-state index in [-0.39, 0.29) is 35.8 Å². The maximum Gasteiger partial charge on any atom is 0.419 e. The molecule has 3 aliphatic rings. The SMILES string of the molecule is COC(=O)C1(NCc2cc(C(F)(F)F)c(N[C@H]3CCc4c(-c5nccc(-c6ccc(CNC[C@H]7CCC(=O)N7)c(OC)n6)c5Cl)cccc43)nc2OC)CC1. The Kier molecular flexibility index (Phi) is 10.9. The molecule has 12 nitrogen and oxygen atoms in total. The first-order valence-corrected chi connectivity index (χ1v) is 18.4. The Balaban J connectivity index is 1.12. The molecule has 3 aromatic heterocycles. The molecule has 2 fully saturated rings. The van der Waals surface area contributed by atoms with Crippen molar-refractivity contribution in [1.82, 2.24) is 30.9 Å². The Hall–Kier alpha value is -4.99. The number of hydrogen-bond acceptors (Lipinski definition) is 11. The zero-order chi connectivity index (χ0) is 38.9. The summed E-state index contributed by atoms with van der Waals surface area (Å²) in [6.07, 6.45) is 0.361. The van der Waals surface area contributed by atoms with E-state index in [1.54, 1.807) is 19.4 Å². The second kappa shape index (κ2) is 15.6. The summed E-state index contributed by atoms with van der Waals surface area (Å²) < 4.78 is 59.5. The molecule has 0 unspecified atom stereocenters. The molecular weight excluding hydrogens is 739 g/mol. The Morgan fingerprint density at radius 3 is 2.45 bits per heavy atom. The lowest BCUT2D eigenvalue weighted by Crippen LogP contribution is -2.39. The van der Waals surface area contributed by atoms with Gasteiger partial charge in [0, 0.05) is 60.5 Å². The number of aromatic nitrogens is 3. The molecule has 7 rings (SSSR count). The quantitative estimate of drug-likeness (QED) is 0.109. The third-order valence-electron chi connectivity index (χ3n) is 10.4. The summed E-state index contributed by atoms with van der Waals surface area (Å²) in [6.45, 7) is 1.06. The molecule has 55 heavy (non-hydrogen) atoms. The molecule has 4 N–H and O–H groups in total. The van der Waals surface area contributed by atoms with Gasteiger partial charge in [-0.05, 0) is 61.4 Å². The second-order valence-electron chi connectivity index (χ2n) is 13.9. The summed E-state index contributed by atoms with van der Waals surface area (Å²) in [4.78, 5) is 37.4. The van der Waals surface area contributed by atoms with Gasteiger partial charge in [0.2, 0.25) is 17.7 Å². The van der Waals surface area contributed by atoms with Crippen molar-refractivity contribution >= 4 is 29.3 Å². The van der Waals surface area contributed by atoms with E-state index in [2.05, 4.69) is 31.2 Å². The summed E-state index contributed by atoms with van der Waals surface area (Å²) >= 11 is 7.07. The maximum absolute atomic E-state index is 14.5. The average Bonchev–Trinajstić information content (AvgIpc) is 3.69. The first-order valence-electron chi connectivity index (χ1n) is 18.0. The minimum Gasteiger partial charge on any atom is -0.481 e. The average molecular weight is 780 g/mol. The summed E-state index contributed by atoms with van der Waals surface area (Å²) in [7, 11) is 4.17. The van der Waals surface area contributed by atoms with Gasteiger partial charge in [0.05, 0.1) is 49.3 Å². The largest absolute Gasteiger partial charge is 0.481 e. The Bertz CT molecular complexity index is 2110. The van der Waals surface area contributed by atoms with Gasteiger partial charge in [0.25, 0.3) is 0 Å². The van der Waals surface area contributed by atoms with Gasteiger partial charge in [-0.2, -0.15) is 18.2 Å². The number of hydrogen-bond donors (Lipinski definition) is 4. The van der Waals surface area contributed by atoms with Crippen LogP contribution in [0.5, 0.6) is 11.8 Å². The molecular formula is C39H41ClF3N7O5. The highest BCUT2D eigenvalue weighted by Gasteiger charge is 2.51. The molecule has 1 aromatic carbocycles. The number of halogens is 4. The van der Waals surface area contributed by atoms with E-state index >= 15 is 0 Å². The fraction of sp³-hybridized carbons (Fsp3) is 0.410. The molecule has 0 bridgehead atoms. The fourth-order valence-electron chi connectivity index (χ4n) is 7.37. The smallest absolute Gasteiger partial charge is 0.419 e. The van der Waals surface area contributed by atoms with Gasteiger partial charge in [0.15, 0.2) is 0 Å². The zero-order valence-electron chi connectivity index (χ0n) is 30.5. The van der Waals surface area contributed by atoms with Gasteiger partial charge in [-0.25, -0.2) is 4.98 Å². The van der Waals surface area contributed by atoms with Crippen molar-refractivity contribution in [2.45, 2.75) is 75.4 Å². The number of benzene rings is 1. The first kappa shape index (κ1) is 38.3. The number of methoxy groups -OCH3 is 3. The summed E-state index contributed by atoms with van der Waals surface area (Å²) in [5.74, 6) is -0.301. The Morgan fingerprint density at radius 1 is 0.982 bits per heavy atom. The number of amides is 1. The Morgan fingerprint density at radius 2 is 1.76 bits per heavy atom. The van der Waals surface area contributed by atoms with Crippen molar-refractivity contribution in [2.75, 3.05) is 33.2 Å². The lowest BCUT2D eigenvalue weighted by atomic mass is 9.98. The molecule has 0 radical (unpaired) electrons. The van der Waals surface area contributed by atoms with E-state index < -0.39 is 29.3 Å². The van der Waals surface area contributed by atoms with Gasteiger partial charge >= 0.3 is 12.1 Å². The third kappa shape index (κ3) is 7.91. The van der Waals surface area contributed by atoms with Crippen LogP contribution in [-0.2, 0) is 40.0 Å². The van der Waals surface area contributed by atoms with E-state index in [1.165, 1.54) is 14.2 Å². The van der Waals surface area contributed by atoms with Gasteiger partial charge in [0.1, 0.15) is 11.4 Å². The predicted molar refractivity (Wildman–Crippen MR) is 199 cm³/mol. The molecule has 0 spiro atoms. The summed E-state index contributed by atoms with van der Waals surface area (Å²) in [6, 6.07) is 11.8. The topological polar surface area (TPSA) is 149 Å². The number of anilines is 1. The number of esters is 1. The van der Waals surface area contributed by atoms with Crippen LogP contribution in [0.2, 0.25) is 5.02 Å². The molecule has 1 aliphatic heterocycles. The van der Waals surface area contributed by atoms with Crippen molar-refractivity contribution in [3.8, 4) is 34.3 Å². The number of fused-ring (bicyclic) bond motifs is 1. The highest BCUT2D eigenvalue weighted by Crippen LogP contribution is 2.45. The number of rotatable bonds is 14. The molecule has 4 aromatic rings. The van der Waals surface area contributed by atoms with Gasteiger partial charge in [-0.3, -0.25) is 19.9 Å². The zero-order valence-corrected chi connectivity index (χ0v) is 31.3. The summed E-state index contributed by atoms with van der Waals surface area (Å²) in [5, 5.41) is 12.8. The van der Waals surface area contributed by atoms with Crippen LogP contribution in [0.4, 0.5) is 19.0 Å². The van der Waals surface area contributed by atoms with Crippen molar-refractivity contribution in [2.24, 2.45) is 0 Å². The molecule has 1 saturated heterocycles. The highest BCUT2D eigenvalue weighted by molar-refractivity contribution is 6.35. The molecule has 1 amide bonds. The van der Waals surface area contributed by atoms with E-state index in [0.717, 1.165) is 34.7 Å². The lowest BCUT2D eigenvalue weighted by Gasteiger charge is -2.22. The van der Waals surface area contributed by atoms with Crippen LogP contribution >= 0.6 is 11.6 Å². The van der Waals surface area contributed by atoms with Crippen molar-refractivity contribution < 1.29 is 37.0 Å². The molecule has 2 aliphatic carbocycles. The molecule has 1 saturated carbocycles. The number of ether oxygens (including phenoxy) is 3. The number of nitrogens with zero attached hydrogens (tertiary/aromatic N) is 3. The lowest BCUT2D eigenvalue weighted by molar-refractivity contribution is -0.144. The Labute approximate surface area is 320 Å². The minimum atomic E-state index is -4.73. The van der Waals surface area contributed by atoms with Crippen molar-refractivity contribution in [1.29, 1.82) is 0 Å². The second-order valence-corrected chi connectivity index (χ2v) is 14.3. The van der Waals surface area contributed by atoms with Gasteiger partial charge in [-0.1, -0.05) is 35.9 Å². The monoisotopic (exact) mass is 779 g/mol. The number of nitrogens with one attached hydrogen (secondary N) is 4. The van der Waals surface area contributed by atoms with Crippen LogP contribution in [0, 0.1) is 0 Å². The van der Waals surface area contributed by atoms with Crippen LogP contribution in [0.25, 0.3) is 22.5 Å². The van der Waals surface area contributed by atoms with Crippen molar-refractivity contribution in [3.05, 3.63) is 81.5 Å². The van der Waals surface area contributed by atoms with Crippen LogP contribution in [0.1, 0.15) is 66.0 Å². The van der Waals surface area contributed by atoms with Gasteiger partial charge in [-0.15, -0.1) is 0 Å². The predicted octanol–water partition coefficient (Wildman–Crippen LogP) is 6.16. The van der Waals surface area contributed by atoms with E-state index in [9.17, 15) is 22.8 Å². The fourth-order valence-corrected chi connectivity index (χ4v) is 7.68. The number of alkyl halides is 3. The number of carbonyl (C=O) groups excluding carboxylic acids is 2. The van der Waals surface area contributed by atoms with Crippen LogP contribution < -0.4 is 30.7 Å². The summed E-state index contributed by atoms with van der Waals surface area (Å²) in [5.41, 5.74) is 3.39. The van der Waals surface area contributed by atoms with Gasteiger partial charge < -0.3 is 30.2 Å². The highest BCUT2D eigenvalue weighted by atomic mass is 35.5. The van der Waals surface area contributed by atoms with Crippen LogP contribution in [0.3, 0.4) is 0 Å². The molecule has 2 atom stereocenters. The van der Waals surface area contributed by atoms with Crippen LogP contribution in [0.15, 0.2) is 48.7 Å². The van der Waals surface area contributed by atoms with Crippen molar-refractivity contribution in [3.63, 3.8) is 0 Å². The third-order valence-corrected chi connectivity index (χ3v) is 10.8. The number of pyridine rings is 3. The molecule has 290 valence electrons. The normalized spacial score (nSPS) is 18.4. The first-order chi connectivity index (χ1) is 26.4. The van der Waals surface area contributed by atoms with E-state index in [1.807, 2.05) is 30.3 Å². The van der Waals surface area contributed by atoms with Crippen LogP contribution in [-0.4, -0.2) is 66.3 Å². The molecule has 4 heterocycles. The van der Waals surface area contributed by atoms with E-state index in [0.29, 0.717) is 73.0 Å². The maximum atomic E-state index is 14.5. The molecule has 16 heteroatoms.